The smallest absolute Gasteiger partial charge is 0.261 e. The summed E-state index contributed by atoms with van der Waals surface area (Å²) in [6, 6.07) is 29.4. The number of hydrogen-bond acceptors (Lipinski definition) is 2. The fourth-order valence-corrected chi connectivity index (χ4v) is 8.43. The van der Waals surface area contributed by atoms with Gasteiger partial charge in [0.25, 0.3) is 8.32 Å². The molecule has 3 rings (SSSR count). The van der Waals surface area contributed by atoms with Gasteiger partial charge in [-0.15, -0.1) is 0 Å². The maximum absolute atomic E-state index is 9.93. The van der Waals surface area contributed by atoms with Gasteiger partial charge in [0, 0.05) is 0 Å². The van der Waals surface area contributed by atoms with Crippen molar-refractivity contribution in [1.82, 2.24) is 0 Å². The van der Waals surface area contributed by atoms with Gasteiger partial charge >= 0.3 is 0 Å². The molecule has 0 amide bonds. The Balaban J connectivity index is 2.07. The average molecular weight is 391 g/mol. The summed E-state index contributed by atoms with van der Waals surface area (Å²) in [5, 5.41) is 12.4. The normalized spacial score (nSPS) is 13.3. The second-order valence-electron chi connectivity index (χ2n) is 8.37. The van der Waals surface area contributed by atoms with Gasteiger partial charge in [0.15, 0.2) is 0 Å². The molecule has 2 nitrogen and oxygen atoms in total. The Morgan fingerprint density at radius 3 is 1.82 bits per heavy atom. The summed E-state index contributed by atoms with van der Waals surface area (Å²) in [4.78, 5) is 0. The Labute approximate surface area is 170 Å². The molecule has 1 unspecified atom stereocenters. The third kappa shape index (κ3) is 4.12. The molecule has 3 aromatic rings. The van der Waals surface area contributed by atoms with Gasteiger partial charge in [0.1, 0.15) is 0 Å². The van der Waals surface area contributed by atoms with Crippen molar-refractivity contribution in [2.75, 3.05) is 0 Å². The molecule has 3 heteroatoms. The van der Waals surface area contributed by atoms with Crippen LogP contribution in [0.3, 0.4) is 0 Å². The zero-order valence-electron chi connectivity index (χ0n) is 17.2. The lowest BCUT2D eigenvalue weighted by atomic mass is 10.1. The van der Waals surface area contributed by atoms with Gasteiger partial charge < -0.3 is 9.53 Å². The largest absolute Gasteiger partial charge is 0.403 e. The molecule has 0 heterocycles. The lowest BCUT2D eigenvalue weighted by Crippen LogP contribution is -2.66. The summed E-state index contributed by atoms with van der Waals surface area (Å²) in [7, 11) is -2.54. The lowest BCUT2D eigenvalue weighted by molar-refractivity contribution is 0.199. The fraction of sp³-hybridized carbons (Fsp3) is 0.280. The molecule has 0 saturated carbocycles. The van der Waals surface area contributed by atoms with Gasteiger partial charge in [-0.1, -0.05) is 106 Å². The highest BCUT2D eigenvalue weighted by Gasteiger charge is 2.50. The second-order valence-corrected chi connectivity index (χ2v) is 12.7. The minimum absolute atomic E-state index is 0.0441. The summed E-state index contributed by atoms with van der Waals surface area (Å²) in [5.74, 6) is 0. The number of aliphatic hydroxyl groups excluding tert-OH is 1. The van der Waals surface area contributed by atoms with Crippen LogP contribution in [0.1, 0.15) is 44.9 Å². The van der Waals surface area contributed by atoms with E-state index >= 15 is 0 Å². The van der Waals surface area contributed by atoms with Crippen molar-refractivity contribution in [2.45, 2.75) is 45.4 Å². The zero-order chi connectivity index (χ0) is 20.2. The number of benzene rings is 3. The third-order valence-electron chi connectivity index (χ3n) is 5.31. The van der Waals surface area contributed by atoms with Crippen LogP contribution in [0.25, 0.3) is 0 Å². The van der Waals surface area contributed by atoms with Gasteiger partial charge in [-0.05, 0) is 33.5 Å². The highest BCUT2D eigenvalue weighted by Crippen LogP contribution is 2.37. The Morgan fingerprint density at radius 1 is 0.821 bits per heavy atom. The molecule has 3 aromatic carbocycles. The van der Waals surface area contributed by atoms with E-state index in [0.717, 1.165) is 11.1 Å². The first-order chi connectivity index (χ1) is 13.3. The van der Waals surface area contributed by atoms with Crippen molar-refractivity contribution in [3.63, 3.8) is 0 Å². The monoisotopic (exact) mass is 390 g/mol. The van der Waals surface area contributed by atoms with Crippen LogP contribution < -0.4 is 10.4 Å². The standard InChI is InChI=1S/C25H30O2Si/c1-20(26)22-13-11-12-21(18-22)19-27-28(25(2,3)4,23-14-7-5-8-15-23)24-16-9-6-10-17-24/h5-18,20,26H,19H2,1-4H3. The number of aliphatic hydroxyl groups is 1. The second kappa shape index (κ2) is 8.44. The van der Waals surface area contributed by atoms with Crippen molar-refractivity contribution in [3.05, 3.63) is 96.1 Å². The van der Waals surface area contributed by atoms with Crippen molar-refractivity contribution in [3.8, 4) is 0 Å². The van der Waals surface area contributed by atoms with Crippen LogP contribution >= 0.6 is 0 Å². The van der Waals surface area contributed by atoms with Crippen molar-refractivity contribution >= 4 is 18.7 Å². The molecule has 0 spiro atoms. The molecule has 0 aliphatic carbocycles. The first-order valence-electron chi connectivity index (χ1n) is 9.86. The van der Waals surface area contributed by atoms with Crippen molar-refractivity contribution in [2.24, 2.45) is 0 Å². The van der Waals surface area contributed by atoms with E-state index in [1.54, 1.807) is 6.92 Å². The van der Waals surface area contributed by atoms with Gasteiger partial charge in [-0.25, -0.2) is 0 Å². The summed E-state index contributed by atoms with van der Waals surface area (Å²) < 4.78 is 6.94. The average Bonchev–Trinajstić information content (AvgIpc) is 2.69. The predicted octanol–water partition coefficient (Wildman–Crippen LogP) is 4.82. The first kappa shape index (κ1) is 20.5. The van der Waals surface area contributed by atoms with E-state index in [9.17, 15) is 5.11 Å². The van der Waals surface area contributed by atoms with Crippen LogP contribution in [-0.4, -0.2) is 13.4 Å². The maximum atomic E-state index is 9.93. The number of rotatable bonds is 6. The predicted molar refractivity (Wildman–Crippen MR) is 119 cm³/mol. The zero-order valence-corrected chi connectivity index (χ0v) is 18.2. The molecule has 0 bridgehead atoms. The quantitative estimate of drug-likeness (QED) is 0.612. The van der Waals surface area contributed by atoms with E-state index in [4.69, 9.17) is 4.43 Å². The van der Waals surface area contributed by atoms with E-state index in [-0.39, 0.29) is 5.04 Å². The van der Waals surface area contributed by atoms with Crippen LogP contribution in [0, 0.1) is 0 Å². The molecular weight excluding hydrogens is 360 g/mol. The van der Waals surface area contributed by atoms with Crippen LogP contribution in [0.4, 0.5) is 0 Å². The van der Waals surface area contributed by atoms with Gasteiger partial charge in [-0.3, -0.25) is 0 Å². The molecule has 1 atom stereocenters. The highest BCUT2D eigenvalue weighted by molar-refractivity contribution is 6.99. The van der Waals surface area contributed by atoms with E-state index in [1.807, 2.05) is 18.2 Å². The summed E-state index contributed by atoms with van der Waals surface area (Å²) in [6.07, 6.45) is -0.479. The molecule has 0 radical (unpaired) electrons. The van der Waals surface area contributed by atoms with E-state index < -0.39 is 14.4 Å². The molecule has 0 fully saturated rings. The Hall–Kier alpha value is -2.20. The van der Waals surface area contributed by atoms with Gasteiger partial charge in [-0.2, -0.15) is 0 Å². The van der Waals surface area contributed by atoms with Crippen LogP contribution in [0.5, 0.6) is 0 Å². The van der Waals surface area contributed by atoms with Crippen molar-refractivity contribution < 1.29 is 9.53 Å². The molecule has 1 N–H and O–H groups in total. The van der Waals surface area contributed by atoms with Crippen LogP contribution in [0.15, 0.2) is 84.9 Å². The molecule has 0 aliphatic rings. The first-order valence-corrected chi connectivity index (χ1v) is 11.8. The molecule has 146 valence electrons. The van der Waals surface area contributed by atoms with Crippen LogP contribution in [-0.2, 0) is 11.0 Å². The van der Waals surface area contributed by atoms with Gasteiger partial charge in [0.05, 0.1) is 12.7 Å². The molecule has 0 aliphatic heterocycles. The van der Waals surface area contributed by atoms with Gasteiger partial charge in [0.2, 0.25) is 0 Å². The molecule has 0 saturated heterocycles. The summed E-state index contributed by atoms with van der Waals surface area (Å²) in [5.41, 5.74) is 2.01. The molecular formula is C25H30O2Si. The fourth-order valence-electron chi connectivity index (χ4n) is 3.90. The Morgan fingerprint density at radius 2 is 1.36 bits per heavy atom. The topological polar surface area (TPSA) is 29.5 Å². The van der Waals surface area contributed by atoms with E-state index in [1.165, 1.54) is 10.4 Å². The summed E-state index contributed by atoms with van der Waals surface area (Å²) in [6.45, 7) is 9.16. The minimum Gasteiger partial charge on any atom is -0.403 e. The van der Waals surface area contributed by atoms with E-state index in [2.05, 4.69) is 87.5 Å². The Kier molecular flexibility index (Phi) is 6.19. The molecule has 28 heavy (non-hydrogen) atoms. The maximum Gasteiger partial charge on any atom is 0.261 e. The minimum atomic E-state index is -2.54. The van der Waals surface area contributed by atoms with Crippen LogP contribution in [0.2, 0.25) is 5.04 Å². The van der Waals surface area contributed by atoms with E-state index in [0.29, 0.717) is 6.61 Å². The lowest BCUT2D eigenvalue weighted by Gasteiger charge is -2.43. The molecule has 0 aromatic heterocycles. The Bertz CT molecular complexity index is 844. The number of hydrogen-bond donors (Lipinski definition) is 1. The highest BCUT2D eigenvalue weighted by atomic mass is 28.4. The SMILES string of the molecule is CC(O)c1cccc(CO[Si](c2ccccc2)(c2ccccc2)C(C)(C)C)c1. The summed E-state index contributed by atoms with van der Waals surface area (Å²) >= 11 is 0. The van der Waals surface area contributed by atoms with Crippen molar-refractivity contribution in [1.29, 1.82) is 0 Å². The third-order valence-corrected chi connectivity index (χ3v) is 10.3.